The highest BCUT2D eigenvalue weighted by Gasteiger charge is 2.25. The zero-order valence-electron chi connectivity index (χ0n) is 10.0. The highest BCUT2D eigenvalue weighted by molar-refractivity contribution is 5.76. The van der Waals surface area contributed by atoms with Crippen LogP contribution in [0.3, 0.4) is 0 Å². The molecule has 1 aliphatic heterocycles. The molecule has 1 rings (SSSR count). The van der Waals surface area contributed by atoms with Gasteiger partial charge in [0.25, 0.3) is 0 Å². The van der Waals surface area contributed by atoms with Crippen LogP contribution < -0.4 is 10.6 Å². The summed E-state index contributed by atoms with van der Waals surface area (Å²) in [5, 5.41) is 24.0. The second-order valence-electron chi connectivity index (χ2n) is 4.84. The lowest BCUT2D eigenvalue weighted by molar-refractivity contribution is -0.142. The third-order valence-electron chi connectivity index (χ3n) is 2.79. The first-order chi connectivity index (χ1) is 7.89. The standard InChI is InChI=1S/C11H20N2O4/c1-11(17,6-10(15)16)7-13-9(14)5-8-3-2-4-12-8/h8,12,17H,2-7H2,1H3,(H,13,14)(H,15,16). The molecule has 17 heavy (non-hydrogen) atoms. The van der Waals surface area contributed by atoms with Crippen LogP contribution in [0.4, 0.5) is 0 Å². The Labute approximate surface area is 100 Å². The minimum Gasteiger partial charge on any atom is -0.481 e. The van der Waals surface area contributed by atoms with Gasteiger partial charge in [0, 0.05) is 19.0 Å². The first-order valence-corrected chi connectivity index (χ1v) is 5.83. The van der Waals surface area contributed by atoms with Crippen LogP contribution in [0.15, 0.2) is 0 Å². The fourth-order valence-corrected chi connectivity index (χ4v) is 1.90. The number of carboxylic acids is 1. The number of amides is 1. The number of nitrogens with one attached hydrogen (secondary N) is 2. The minimum absolute atomic E-state index is 0.0369. The number of carbonyl (C=O) groups is 2. The molecule has 0 radical (unpaired) electrons. The molecule has 1 heterocycles. The predicted molar refractivity (Wildman–Crippen MR) is 61.5 cm³/mol. The molecule has 6 nitrogen and oxygen atoms in total. The van der Waals surface area contributed by atoms with E-state index in [9.17, 15) is 14.7 Å². The third kappa shape index (κ3) is 5.65. The van der Waals surface area contributed by atoms with Crippen LogP contribution in [-0.4, -0.2) is 46.8 Å². The topological polar surface area (TPSA) is 98.7 Å². The van der Waals surface area contributed by atoms with Gasteiger partial charge in [-0.3, -0.25) is 9.59 Å². The number of rotatable bonds is 6. The van der Waals surface area contributed by atoms with Crippen molar-refractivity contribution in [2.75, 3.05) is 13.1 Å². The van der Waals surface area contributed by atoms with E-state index < -0.39 is 11.6 Å². The number of carbonyl (C=O) groups excluding carboxylic acids is 1. The van der Waals surface area contributed by atoms with E-state index in [0.717, 1.165) is 19.4 Å². The summed E-state index contributed by atoms with van der Waals surface area (Å²) in [4.78, 5) is 22.0. The molecule has 0 aliphatic carbocycles. The van der Waals surface area contributed by atoms with Crippen molar-refractivity contribution in [2.24, 2.45) is 0 Å². The Morgan fingerprint density at radius 1 is 1.53 bits per heavy atom. The van der Waals surface area contributed by atoms with Crippen LogP contribution in [0.25, 0.3) is 0 Å². The molecule has 0 bridgehead atoms. The summed E-state index contributed by atoms with van der Waals surface area (Å²) in [6.07, 6.45) is 2.06. The second-order valence-corrected chi connectivity index (χ2v) is 4.84. The molecule has 2 unspecified atom stereocenters. The Morgan fingerprint density at radius 3 is 2.76 bits per heavy atom. The number of hydrogen-bond donors (Lipinski definition) is 4. The molecule has 0 spiro atoms. The molecule has 0 aromatic carbocycles. The SMILES string of the molecule is CC(O)(CNC(=O)CC1CCCN1)CC(=O)O. The Kier molecular flexibility index (Phi) is 4.89. The number of aliphatic carboxylic acids is 1. The van der Waals surface area contributed by atoms with Gasteiger partial charge in [-0.2, -0.15) is 0 Å². The zero-order valence-corrected chi connectivity index (χ0v) is 10.0. The maximum atomic E-state index is 11.5. The lowest BCUT2D eigenvalue weighted by Gasteiger charge is -2.22. The van der Waals surface area contributed by atoms with Crippen molar-refractivity contribution in [3.05, 3.63) is 0 Å². The molecule has 0 saturated carbocycles. The van der Waals surface area contributed by atoms with Gasteiger partial charge in [-0.25, -0.2) is 0 Å². The highest BCUT2D eigenvalue weighted by atomic mass is 16.4. The fraction of sp³-hybridized carbons (Fsp3) is 0.818. The molecule has 1 fully saturated rings. The van der Waals surface area contributed by atoms with E-state index in [-0.39, 0.29) is 24.9 Å². The molecular formula is C11H20N2O4. The Bertz CT molecular complexity index is 285. The van der Waals surface area contributed by atoms with E-state index in [1.807, 2.05) is 0 Å². The highest BCUT2D eigenvalue weighted by Crippen LogP contribution is 2.10. The van der Waals surface area contributed by atoms with E-state index in [2.05, 4.69) is 10.6 Å². The van der Waals surface area contributed by atoms with Gasteiger partial charge in [0.2, 0.25) is 5.91 Å². The minimum atomic E-state index is -1.40. The fourth-order valence-electron chi connectivity index (χ4n) is 1.90. The zero-order chi connectivity index (χ0) is 12.9. The van der Waals surface area contributed by atoms with E-state index in [1.165, 1.54) is 6.92 Å². The Hall–Kier alpha value is -1.14. The second kappa shape index (κ2) is 5.97. The quantitative estimate of drug-likeness (QED) is 0.503. The van der Waals surface area contributed by atoms with Crippen LogP contribution in [0.2, 0.25) is 0 Å². The van der Waals surface area contributed by atoms with Crippen LogP contribution in [0, 0.1) is 0 Å². The van der Waals surface area contributed by atoms with Crippen molar-refractivity contribution in [2.45, 2.75) is 44.2 Å². The van der Waals surface area contributed by atoms with Crippen molar-refractivity contribution in [3.8, 4) is 0 Å². The van der Waals surface area contributed by atoms with Crippen molar-refractivity contribution < 1.29 is 19.8 Å². The van der Waals surface area contributed by atoms with E-state index in [1.54, 1.807) is 0 Å². The van der Waals surface area contributed by atoms with Gasteiger partial charge >= 0.3 is 5.97 Å². The molecule has 2 atom stereocenters. The summed E-state index contributed by atoms with van der Waals surface area (Å²) in [7, 11) is 0. The lowest BCUT2D eigenvalue weighted by atomic mass is 10.0. The van der Waals surface area contributed by atoms with E-state index >= 15 is 0 Å². The molecular weight excluding hydrogens is 224 g/mol. The largest absolute Gasteiger partial charge is 0.481 e. The third-order valence-corrected chi connectivity index (χ3v) is 2.79. The monoisotopic (exact) mass is 244 g/mol. The van der Waals surface area contributed by atoms with Crippen molar-refractivity contribution in [1.29, 1.82) is 0 Å². The summed E-state index contributed by atoms with van der Waals surface area (Å²) in [6.45, 7) is 2.30. The van der Waals surface area contributed by atoms with Gasteiger partial charge in [0.1, 0.15) is 0 Å². The predicted octanol–water partition coefficient (Wildman–Crippen LogP) is -0.530. The first-order valence-electron chi connectivity index (χ1n) is 5.83. The lowest BCUT2D eigenvalue weighted by Crippen LogP contribution is -2.43. The molecule has 0 aromatic heterocycles. The Balaban J connectivity index is 2.24. The van der Waals surface area contributed by atoms with Crippen molar-refractivity contribution >= 4 is 11.9 Å². The number of aliphatic hydroxyl groups is 1. The Morgan fingerprint density at radius 2 is 2.24 bits per heavy atom. The van der Waals surface area contributed by atoms with Gasteiger partial charge < -0.3 is 20.8 Å². The smallest absolute Gasteiger partial charge is 0.306 e. The summed E-state index contributed by atoms with van der Waals surface area (Å²) in [5.41, 5.74) is -1.40. The summed E-state index contributed by atoms with van der Waals surface area (Å²) >= 11 is 0. The van der Waals surface area contributed by atoms with Crippen molar-refractivity contribution in [1.82, 2.24) is 10.6 Å². The summed E-state index contributed by atoms with van der Waals surface area (Å²) in [5.74, 6) is -1.24. The van der Waals surface area contributed by atoms with Crippen LogP contribution >= 0.6 is 0 Å². The molecule has 1 saturated heterocycles. The maximum Gasteiger partial charge on any atom is 0.306 e. The molecule has 6 heteroatoms. The molecule has 0 aromatic rings. The molecule has 4 N–H and O–H groups in total. The van der Waals surface area contributed by atoms with Gasteiger partial charge in [0.05, 0.1) is 12.0 Å². The van der Waals surface area contributed by atoms with Gasteiger partial charge in [-0.05, 0) is 26.3 Å². The average Bonchev–Trinajstić information content (AvgIpc) is 2.65. The average molecular weight is 244 g/mol. The molecule has 1 aliphatic rings. The first kappa shape index (κ1) is 13.9. The summed E-state index contributed by atoms with van der Waals surface area (Å²) < 4.78 is 0. The normalized spacial score (nSPS) is 23.1. The van der Waals surface area contributed by atoms with Crippen molar-refractivity contribution in [3.63, 3.8) is 0 Å². The molecule has 1 amide bonds. The number of hydrogen-bond acceptors (Lipinski definition) is 4. The van der Waals surface area contributed by atoms with Crippen LogP contribution in [0.1, 0.15) is 32.6 Å². The molecule has 98 valence electrons. The van der Waals surface area contributed by atoms with Gasteiger partial charge in [-0.15, -0.1) is 0 Å². The van der Waals surface area contributed by atoms with E-state index in [4.69, 9.17) is 5.11 Å². The van der Waals surface area contributed by atoms with Gasteiger partial charge in [0.15, 0.2) is 0 Å². The van der Waals surface area contributed by atoms with Crippen LogP contribution in [0.5, 0.6) is 0 Å². The maximum absolute atomic E-state index is 11.5. The summed E-state index contributed by atoms with van der Waals surface area (Å²) in [6, 6.07) is 0.208. The van der Waals surface area contributed by atoms with Gasteiger partial charge in [-0.1, -0.05) is 0 Å². The number of carboxylic acid groups (broad SMARTS) is 1. The van der Waals surface area contributed by atoms with Crippen LogP contribution in [-0.2, 0) is 9.59 Å². The van der Waals surface area contributed by atoms with E-state index in [0.29, 0.717) is 6.42 Å².